The number of fused-ring (bicyclic) bond motifs is 1. The number of rotatable bonds is 15. The highest BCUT2D eigenvalue weighted by Crippen LogP contribution is 2.29. The molecule has 0 bridgehead atoms. The zero-order valence-corrected chi connectivity index (χ0v) is 30.8. The van der Waals surface area contributed by atoms with Gasteiger partial charge in [0.05, 0.1) is 17.5 Å². The summed E-state index contributed by atoms with van der Waals surface area (Å²) in [5.74, 6) is 2.22. The lowest BCUT2D eigenvalue weighted by molar-refractivity contribution is -0.109. The van der Waals surface area contributed by atoms with Crippen LogP contribution in [0.3, 0.4) is 0 Å². The van der Waals surface area contributed by atoms with Crippen LogP contribution in [0.4, 0.5) is 0 Å². The van der Waals surface area contributed by atoms with Gasteiger partial charge in [-0.25, -0.2) is 4.98 Å². The van der Waals surface area contributed by atoms with E-state index in [0.717, 1.165) is 95.6 Å². The molecular weight excluding hydrogens is 614 g/mol. The lowest BCUT2D eigenvalue weighted by atomic mass is 9.98. The summed E-state index contributed by atoms with van der Waals surface area (Å²) in [5.41, 5.74) is 8.15. The number of aromatic nitrogens is 2. The molecule has 0 aliphatic carbocycles. The number of nitrogens with zero attached hydrogens (tertiary/aromatic N) is 3. The molecule has 4 aromatic rings. The first-order valence-electron chi connectivity index (χ1n) is 16.9. The summed E-state index contributed by atoms with van der Waals surface area (Å²) in [4.78, 5) is 28.8. The van der Waals surface area contributed by atoms with E-state index in [-0.39, 0.29) is 12.7 Å². The maximum atomic E-state index is 11.0. The first kappa shape index (κ1) is 40.6. The Bertz CT molecular complexity index is 1670. The summed E-state index contributed by atoms with van der Waals surface area (Å²) in [6.07, 6.45) is 12.0. The number of allylic oxidation sites excluding steroid dienone is 4. The quantitative estimate of drug-likeness (QED) is 0.101. The number of hydrogen-bond donors (Lipinski definition) is 1. The third kappa shape index (κ3) is 12.8. The summed E-state index contributed by atoms with van der Waals surface area (Å²) in [6, 6.07) is 17.8. The zero-order chi connectivity index (χ0) is 36.3. The van der Waals surface area contributed by atoms with Crippen LogP contribution < -0.4 is 9.47 Å². The van der Waals surface area contributed by atoms with E-state index in [9.17, 15) is 9.59 Å². The summed E-state index contributed by atoms with van der Waals surface area (Å²) in [6.45, 7) is 16.3. The summed E-state index contributed by atoms with van der Waals surface area (Å²) >= 11 is 0. The van der Waals surface area contributed by atoms with Crippen LogP contribution in [0.25, 0.3) is 11.2 Å². The van der Waals surface area contributed by atoms with Crippen LogP contribution in [0.1, 0.15) is 86.4 Å². The number of hydrogen-bond acceptors (Lipinski definition) is 7. The van der Waals surface area contributed by atoms with E-state index in [0.29, 0.717) is 12.3 Å². The van der Waals surface area contributed by atoms with Crippen molar-refractivity contribution in [3.8, 4) is 11.5 Å². The van der Waals surface area contributed by atoms with Gasteiger partial charge in [-0.2, -0.15) is 0 Å². The Morgan fingerprint density at radius 3 is 2.39 bits per heavy atom. The van der Waals surface area contributed by atoms with Crippen molar-refractivity contribution in [2.45, 2.75) is 74.0 Å². The van der Waals surface area contributed by atoms with Crippen molar-refractivity contribution in [1.29, 1.82) is 0 Å². The molecule has 49 heavy (non-hydrogen) atoms. The van der Waals surface area contributed by atoms with E-state index < -0.39 is 0 Å². The minimum Gasteiger partial charge on any atom is -0.491 e. The van der Waals surface area contributed by atoms with E-state index in [1.807, 2.05) is 83.2 Å². The molecule has 4 rings (SSSR count). The number of aliphatic hydroxyl groups excluding tert-OH is 1. The average Bonchev–Trinajstić information content (AvgIpc) is 3.42. The van der Waals surface area contributed by atoms with Crippen LogP contribution in [0.15, 0.2) is 79.0 Å². The number of aliphatic hydroxyl groups is 1. The number of aldehydes is 2. The number of aryl methyl sites for hydroxylation is 1. The van der Waals surface area contributed by atoms with Gasteiger partial charge in [0.2, 0.25) is 0 Å². The van der Waals surface area contributed by atoms with Crippen LogP contribution in [-0.4, -0.2) is 65.4 Å². The maximum absolute atomic E-state index is 11.0. The Morgan fingerprint density at radius 1 is 1.02 bits per heavy atom. The zero-order valence-electron chi connectivity index (χ0n) is 30.8. The van der Waals surface area contributed by atoms with Gasteiger partial charge in [-0.15, -0.1) is 0 Å². The first-order valence-corrected chi connectivity index (χ1v) is 16.9. The molecule has 0 amide bonds. The van der Waals surface area contributed by atoms with Gasteiger partial charge in [-0.05, 0) is 120 Å². The van der Waals surface area contributed by atoms with Crippen molar-refractivity contribution < 1.29 is 24.2 Å². The fourth-order valence-electron chi connectivity index (χ4n) is 5.23. The molecule has 2 aromatic heterocycles. The van der Waals surface area contributed by atoms with Gasteiger partial charge in [0.1, 0.15) is 30.0 Å². The van der Waals surface area contributed by atoms with Gasteiger partial charge in [0.15, 0.2) is 6.29 Å². The summed E-state index contributed by atoms with van der Waals surface area (Å²) < 4.78 is 13.5. The van der Waals surface area contributed by atoms with Crippen LogP contribution in [0.5, 0.6) is 11.5 Å². The molecule has 0 atom stereocenters. The second-order valence-electron chi connectivity index (χ2n) is 12.4. The molecule has 0 aliphatic heterocycles. The third-order valence-electron chi connectivity index (χ3n) is 7.68. The number of pyridine rings is 1. The lowest BCUT2D eigenvalue weighted by Crippen LogP contribution is -2.21. The minimum absolute atomic E-state index is 0.0373. The van der Waals surface area contributed by atoms with E-state index in [4.69, 9.17) is 19.6 Å². The molecular formula is C41H55N3O5. The normalized spacial score (nSPS) is 11.4. The largest absolute Gasteiger partial charge is 0.491 e. The Balaban J connectivity index is 0.000000464. The molecule has 1 N–H and O–H groups in total. The van der Waals surface area contributed by atoms with Gasteiger partial charge >= 0.3 is 0 Å². The molecule has 8 heteroatoms. The first-order chi connectivity index (χ1) is 23.6. The highest BCUT2D eigenvalue weighted by atomic mass is 16.5. The fraction of sp³-hybridized carbons (Fsp3) is 0.390. The van der Waals surface area contributed by atoms with Gasteiger partial charge in [0.25, 0.3) is 0 Å². The summed E-state index contributed by atoms with van der Waals surface area (Å²) in [5, 5.41) is 7.00. The van der Waals surface area contributed by atoms with E-state index in [2.05, 4.69) is 54.6 Å². The molecule has 264 valence electrons. The number of carbonyl (C=O) groups is 2. The van der Waals surface area contributed by atoms with Gasteiger partial charge in [-0.3, -0.25) is 9.59 Å². The van der Waals surface area contributed by atoms with Crippen LogP contribution in [-0.2, 0) is 17.8 Å². The predicted molar refractivity (Wildman–Crippen MR) is 201 cm³/mol. The Kier molecular flexibility index (Phi) is 17.8. The maximum Gasteiger partial charge on any atom is 0.157 e. The van der Waals surface area contributed by atoms with Gasteiger partial charge in [-0.1, -0.05) is 44.2 Å². The van der Waals surface area contributed by atoms with Crippen molar-refractivity contribution in [2.24, 2.45) is 5.92 Å². The van der Waals surface area contributed by atoms with Crippen molar-refractivity contribution in [3.05, 3.63) is 113 Å². The second kappa shape index (κ2) is 21.4. The highest BCUT2D eigenvalue weighted by molar-refractivity contribution is 5.77. The number of imidazole rings is 1. The third-order valence-corrected chi connectivity index (χ3v) is 7.68. The van der Waals surface area contributed by atoms with E-state index >= 15 is 0 Å². The summed E-state index contributed by atoms with van der Waals surface area (Å²) in [7, 11) is 3.16. The second-order valence-corrected chi connectivity index (χ2v) is 12.4. The molecule has 0 saturated carbocycles. The SMILES string of the molecule is C/C=C\C(=C/C)c1ccc(OCC=O)c(Cc2c(CN(C)CCC(C)C)nc3ccccn23)c1.CO.Cc1cc(OC(C)C)ccc1C=O. The number of carbonyl (C=O) groups excluding carboxylic acids is 2. The molecule has 0 aliphatic rings. The van der Waals surface area contributed by atoms with Crippen LogP contribution in [0.2, 0.25) is 0 Å². The standard InChI is InChI=1S/C29H37N3O2.C11H14O2.CH4O/c1-6-10-23(7-2)24-12-13-28(34-18-17-33)25(19-24)20-27-26(21-31(5)16-14-22(3)4)30-29-11-8-9-15-32(27)29;1-8(2)13-11-5-4-10(7-12)9(3)6-11;1-2/h6-13,15,17,19,22H,14,16,18,20-21H2,1-5H3;4-8H,1-3H3;2H,1H3/b10-6-,23-7+;;. The smallest absolute Gasteiger partial charge is 0.157 e. The number of benzene rings is 2. The van der Waals surface area contributed by atoms with E-state index in [1.54, 1.807) is 6.07 Å². The molecule has 8 nitrogen and oxygen atoms in total. The molecule has 0 fully saturated rings. The van der Waals surface area contributed by atoms with Crippen molar-refractivity contribution >= 4 is 23.8 Å². The van der Waals surface area contributed by atoms with Gasteiger partial charge in [0, 0.05) is 37.4 Å². The molecule has 0 radical (unpaired) electrons. The Labute approximate surface area is 293 Å². The monoisotopic (exact) mass is 669 g/mol. The lowest BCUT2D eigenvalue weighted by Gasteiger charge is -2.18. The van der Waals surface area contributed by atoms with Gasteiger partial charge < -0.3 is 23.9 Å². The van der Waals surface area contributed by atoms with Crippen LogP contribution >= 0.6 is 0 Å². The predicted octanol–water partition coefficient (Wildman–Crippen LogP) is 8.16. The molecule has 0 saturated heterocycles. The highest BCUT2D eigenvalue weighted by Gasteiger charge is 2.17. The van der Waals surface area contributed by atoms with E-state index in [1.165, 1.54) is 0 Å². The molecule has 0 unspecified atom stereocenters. The Morgan fingerprint density at radius 2 is 1.78 bits per heavy atom. The molecule has 0 spiro atoms. The molecule has 2 aromatic carbocycles. The van der Waals surface area contributed by atoms with Crippen LogP contribution in [0, 0.1) is 12.8 Å². The molecule has 2 heterocycles. The average molecular weight is 670 g/mol. The Hall–Kier alpha value is -4.53. The fourth-order valence-corrected chi connectivity index (χ4v) is 5.23. The minimum atomic E-state index is 0.0373. The topological polar surface area (TPSA) is 93.4 Å². The van der Waals surface area contributed by atoms with Crippen molar-refractivity contribution in [1.82, 2.24) is 14.3 Å². The van der Waals surface area contributed by atoms with Crippen molar-refractivity contribution in [3.63, 3.8) is 0 Å². The van der Waals surface area contributed by atoms with Crippen molar-refractivity contribution in [2.75, 3.05) is 27.3 Å². The number of ether oxygens (including phenoxy) is 2.